The fourth-order valence-electron chi connectivity index (χ4n) is 18.0. The molecule has 796 valence electrons. The van der Waals surface area contributed by atoms with Crippen molar-refractivity contribution in [3.63, 3.8) is 0 Å². The van der Waals surface area contributed by atoms with Gasteiger partial charge in [-0.05, 0) is 13.8 Å². The zero-order chi connectivity index (χ0) is 102. The molecule has 0 saturated carbocycles. The third kappa shape index (κ3) is 25.4. The molecule has 0 aromatic heterocycles. The van der Waals surface area contributed by atoms with E-state index in [1.807, 2.05) is 0 Å². The molecule has 11 aliphatic rings. The molecule has 0 radical (unpaired) electrons. The van der Waals surface area contributed by atoms with Gasteiger partial charge < -0.3 is 269 Å². The Morgan fingerprint density at radius 3 is 0.891 bits per heavy atom. The molecule has 0 unspecified atom stereocenters. The van der Waals surface area contributed by atoms with E-state index < -0.39 is 432 Å². The van der Waals surface area contributed by atoms with Crippen LogP contribution >= 0.6 is 0 Å². The SMILES string of the molecule is CC(=O)N[C@@H]1[C@@H](O)[C@H](O[C@@H]2O[C@H](CO)[C@@H](O[C@@H]3O[C@H](CO[C@H]4O[C@H](CO)[C@@H](O)[C@H](O)[C@@H]4O[C@@H]4O[C@H](CO)[C@@H](O[C@@H]5O[C@H](CO)[C@H](O)[C@H](O)[C@H]5NC(C)=O)[C@H](O)[C@H]4NC(C)=O)[C@@H](O)[C@H](O[C@H]4O[C@H](CO)[C@@H](O)[C@H](O)[C@@H]4O[C@@H]4O[C@H](CO)[C@@H](O[C@@H]5O[C@H](CO)[C@H](O)[C@H](O)[C@H]5NC(C)=O)[C@H](O[C@@H]5O[C@@H](C)[C@@H](O)[C@@H](O)[C@@H]5O)[C@H]4NC(C)=O)[C@@H]3O)[C@H](O)[C@H]2NC(C)=O)[C@@H](CO[C@@H]2O[C@@H](C)[C@@H](O)[C@@H](O)[C@@H]2O)O[C@H]1O. The van der Waals surface area contributed by atoms with Gasteiger partial charge in [0.25, 0.3) is 0 Å². The van der Waals surface area contributed by atoms with E-state index in [9.17, 15) is 167 Å². The molecule has 0 bridgehead atoms. The van der Waals surface area contributed by atoms with Crippen LogP contribution in [0.3, 0.4) is 0 Å². The molecule has 11 aliphatic heterocycles. The first-order chi connectivity index (χ1) is 65.1. The Balaban J connectivity index is 0.962. The molecule has 0 spiro atoms. The smallest absolute Gasteiger partial charge is 0.217 e. The van der Waals surface area contributed by atoms with Crippen LogP contribution in [0.1, 0.15) is 55.4 Å². The average molecular weight is 2020 g/mol. The lowest BCUT2D eigenvalue weighted by atomic mass is 9.93. The van der Waals surface area contributed by atoms with Crippen molar-refractivity contribution in [2.45, 2.75) is 393 Å². The minimum Gasteiger partial charge on any atom is -0.394 e. The molecule has 60 heteroatoms. The molecule has 0 aromatic rings. The van der Waals surface area contributed by atoms with Gasteiger partial charge in [0.05, 0.1) is 71.7 Å². The van der Waals surface area contributed by atoms with Crippen LogP contribution in [0.5, 0.6) is 0 Å². The van der Waals surface area contributed by atoms with E-state index >= 15 is 0 Å². The van der Waals surface area contributed by atoms with Gasteiger partial charge in [0.15, 0.2) is 69.2 Å². The first kappa shape index (κ1) is 113. The summed E-state index contributed by atoms with van der Waals surface area (Å²) >= 11 is 0. The van der Waals surface area contributed by atoms with Crippen LogP contribution < -0.4 is 31.9 Å². The molecule has 11 saturated heterocycles. The van der Waals surface area contributed by atoms with Gasteiger partial charge in [-0.15, -0.1) is 0 Å². The lowest BCUT2D eigenvalue weighted by molar-refractivity contribution is -0.402. The summed E-state index contributed by atoms with van der Waals surface area (Å²) in [6.07, 6.45) is -103. The summed E-state index contributed by atoms with van der Waals surface area (Å²) in [4.78, 5) is 78.0. The largest absolute Gasteiger partial charge is 0.394 e. The van der Waals surface area contributed by atoms with Crippen LogP contribution in [0, 0.1) is 0 Å². The number of carbonyl (C=O) groups excluding carboxylic acids is 6. The molecule has 0 aromatic carbocycles. The number of nitrogens with one attached hydrogen (secondary N) is 6. The lowest BCUT2D eigenvalue weighted by Crippen LogP contribution is -2.72. The summed E-state index contributed by atoms with van der Waals surface area (Å²) in [6, 6.07) is -11.4. The molecule has 60 nitrogen and oxygen atoms in total. The summed E-state index contributed by atoms with van der Waals surface area (Å²) in [5, 5.41) is 321. The Hall–Kier alpha value is -5.10. The number of aliphatic hydroxyl groups is 27. The summed E-state index contributed by atoms with van der Waals surface area (Å²) in [5.41, 5.74) is 0. The number of amides is 6. The number of hydrogen-bond donors (Lipinski definition) is 33. The topological polar surface area (TPSA) is 915 Å². The Kier molecular flexibility index (Phi) is 40.5. The fourth-order valence-corrected chi connectivity index (χ4v) is 18.0. The van der Waals surface area contributed by atoms with E-state index in [-0.39, 0.29) is 0 Å². The standard InChI is InChI=1S/C78H130N6O54/c1-18-41(98)53(110)57(114)74(120-18)118-17-34-62(50(107)35(68(117)122-34)79-20(3)92)132-71-38(82-23(6)95)52(109)61(31(14-90)127-71)133-76-59(116)65(47(104)33(130-76)16-119-77-66(55(112)45(102)28(11-87)125-77)137-72-39(83-24(7)96)51(108)60(30(13-89)128-72)131-69-36(80-21(4)93)48(105)43(100)26(9-85)123-69)136-78-67(56(113)46(103)29(12-88)126-78)138-73-40(84-25(8)97)64(135-75-58(115)54(111)42(99)19(2)121-75)63(32(15-91)129-73)134-70-37(81-22(5)94)49(106)44(101)27(10-86)124-70/h18-19,26-78,85-91,98-117H,9-17H2,1-8H3,(H,79,92)(H,80,93)(H,81,94)(H,82,95)(H,83,96)(H,84,97)/t18-,19-,26+,27+,28+,29+,30+,31+,32+,33+,34+,35+,36+,37+,38+,39+,40+,41+,42+,43-,44-,45+,46+,47+,48+,49+,50+,51+,52+,53+,54+,55-,56-,57-,58-,59-,60+,61+,62+,63+,64+,65-,66-,67-,68+,69-,70-,71-,72-,73-,74+,75-,76-,77-,78+/m0/s1. The molecule has 33 N–H and O–H groups in total. The number of rotatable bonds is 35. The second kappa shape index (κ2) is 49.4. The highest BCUT2D eigenvalue weighted by atomic mass is 16.8. The van der Waals surface area contributed by atoms with Gasteiger partial charge in [-0.3, -0.25) is 28.8 Å². The molecule has 138 heavy (non-hydrogen) atoms. The molecular weight excluding hydrogens is 1880 g/mol. The zero-order valence-corrected chi connectivity index (χ0v) is 75.2. The Morgan fingerprint density at radius 1 is 0.203 bits per heavy atom. The number of hydrogen-bond acceptors (Lipinski definition) is 54. The van der Waals surface area contributed by atoms with E-state index in [2.05, 4.69) is 31.9 Å². The Bertz CT molecular complexity index is 3880. The zero-order valence-electron chi connectivity index (χ0n) is 75.2. The third-order valence-electron chi connectivity index (χ3n) is 25.3. The van der Waals surface area contributed by atoms with Gasteiger partial charge in [0.1, 0.15) is 256 Å². The highest BCUT2D eigenvalue weighted by Crippen LogP contribution is 2.42. The van der Waals surface area contributed by atoms with E-state index in [0.717, 1.165) is 41.5 Å². The first-order valence-corrected chi connectivity index (χ1v) is 44.3. The van der Waals surface area contributed by atoms with Crippen molar-refractivity contribution in [1.82, 2.24) is 31.9 Å². The third-order valence-corrected chi connectivity index (χ3v) is 25.3. The van der Waals surface area contributed by atoms with Crippen LogP contribution in [0.15, 0.2) is 0 Å². The highest BCUT2D eigenvalue weighted by molar-refractivity contribution is 5.75. The minimum absolute atomic E-state index is 0.824. The summed E-state index contributed by atoms with van der Waals surface area (Å²) in [7, 11) is 0. The van der Waals surface area contributed by atoms with Crippen LogP contribution in [0.4, 0.5) is 0 Å². The predicted molar refractivity (Wildman–Crippen MR) is 429 cm³/mol. The summed E-state index contributed by atoms with van der Waals surface area (Å²) in [6.45, 7) is -2.15. The molecule has 11 fully saturated rings. The van der Waals surface area contributed by atoms with Crippen molar-refractivity contribution in [2.75, 3.05) is 59.5 Å². The second-order valence-electron chi connectivity index (χ2n) is 35.3. The van der Waals surface area contributed by atoms with Crippen LogP contribution in [0.25, 0.3) is 0 Å². The van der Waals surface area contributed by atoms with E-state index in [0.29, 0.717) is 0 Å². The normalized spacial score (nSPS) is 48.6. The quantitative estimate of drug-likeness (QED) is 0.0280. The van der Waals surface area contributed by atoms with E-state index in [1.54, 1.807) is 0 Å². The number of carbonyl (C=O) groups is 6. The van der Waals surface area contributed by atoms with Crippen molar-refractivity contribution in [3.8, 4) is 0 Å². The molecule has 11 rings (SSSR count). The maximum absolute atomic E-state index is 13.7. The van der Waals surface area contributed by atoms with Crippen molar-refractivity contribution in [2.24, 2.45) is 0 Å². The van der Waals surface area contributed by atoms with Crippen LogP contribution in [0.2, 0.25) is 0 Å². The average Bonchev–Trinajstić information content (AvgIpc) is 0.751. The monoisotopic (exact) mass is 2010 g/mol. The molecule has 0 aliphatic carbocycles. The van der Waals surface area contributed by atoms with Crippen LogP contribution in [-0.4, -0.2) is 570 Å². The molecule has 11 heterocycles. The van der Waals surface area contributed by atoms with Crippen molar-refractivity contribution >= 4 is 35.4 Å². The second-order valence-corrected chi connectivity index (χ2v) is 35.3. The molecular formula is C78H130N6O54. The maximum Gasteiger partial charge on any atom is 0.217 e. The maximum atomic E-state index is 13.7. The lowest BCUT2D eigenvalue weighted by Gasteiger charge is -2.52. The predicted octanol–water partition coefficient (Wildman–Crippen LogP) is -22.1. The number of ether oxygens (including phenoxy) is 21. The molecule has 55 atom stereocenters. The Labute approximate surface area is 783 Å². The van der Waals surface area contributed by atoms with Gasteiger partial charge in [0, 0.05) is 41.5 Å². The minimum atomic E-state index is -2.71. The van der Waals surface area contributed by atoms with E-state index in [1.165, 1.54) is 13.8 Å². The van der Waals surface area contributed by atoms with Gasteiger partial charge >= 0.3 is 0 Å². The number of aliphatic hydroxyl groups excluding tert-OH is 27. The molecule has 6 amide bonds. The van der Waals surface area contributed by atoms with Crippen molar-refractivity contribution in [1.29, 1.82) is 0 Å². The van der Waals surface area contributed by atoms with Gasteiger partial charge in [-0.1, -0.05) is 0 Å². The van der Waals surface area contributed by atoms with Crippen molar-refractivity contribution in [3.05, 3.63) is 0 Å². The summed E-state index contributed by atoms with van der Waals surface area (Å²) < 4.78 is 128. The van der Waals surface area contributed by atoms with Gasteiger partial charge in [-0.25, -0.2) is 0 Å². The van der Waals surface area contributed by atoms with Crippen LogP contribution in [-0.2, 0) is 128 Å². The Morgan fingerprint density at radius 2 is 0.471 bits per heavy atom. The van der Waals surface area contributed by atoms with Gasteiger partial charge in [-0.2, -0.15) is 0 Å². The highest BCUT2D eigenvalue weighted by Gasteiger charge is 2.63. The first-order valence-electron chi connectivity index (χ1n) is 44.3. The van der Waals surface area contributed by atoms with Gasteiger partial charge in [0.2, 0.25) is 35.4 Å². The van der Waals surface area contributed by atoms with E-state index in [4.69, 9.17) is 99.5 Å². The van der Waals surface area contributed by atoms with Crippen molar-refractivity contribution < 1.29 is 266 Å². The summed E-state index contributed by atoms with van der Waals surface area (Å²) in [5.74, 6) is -5.62. The fraction of sp³-hybridized carbons (Fsp3) is 0.923.